The Morgan fingerprint density at radius 2 is 2.18 bits per heavy atom. The van der Waals surface area contributed by atoms with Crippen LogP contribution in [0.1, 0.15) is 24.4 Å². The first kappa shape index (κ1) is 11.1. The van der Waals surface area contributed by atoms with Crippen molar-refractivity contribution >= 4 is 0 Å². The van der Waals surface area contributed by atoms with Crippen LogP contribution in [-0.4, -0.2) is 26.4 Å². The van der Waals surface area contributed by atoms with E-state index < -0.39 is 0 Å². The van der Waals surface area contributed by atoms with E-state index in [0.29, 0.717) is 18.1 Å². The quantitative estimate of drug-likeness (QED) is 0.849. The van der Waals surface area contributed by atoms with Gasteiger partial charge >= 0.3 is 0 Å². The first-order valence-corrected chi connectivity index (χ1v) is 6.39. The number of fused-ring (bicyclic) bond motifs is 1. The van der Waals surface area contributed by atoms with Gasteiger partial charge in [0.1, 0.15) is 11.9 Å². The van der Waals surface area contributed by atoms with Gasteiger partial charge < -0.3 is 14.8 Å². The summed E-state index contributed by atoms with van der Waals surface area (Å²) >= 11 is 0. The lowest BCUT2D eigenvalue weighted by Crippen LogP contribution is -2.36. The summed E-state index contributed by atoms with van der Waals surface area (Å²) in [5.41, 5.74) is 1.28. The van der Waals surface area contributed by atoms with Crippen molar-refractivity contribution in [1.82, 2.24) is 5.32 Å². The summed E-state index contributed by atoms with van der Waals surface area (Å²) in [4.78, 5) is 0. The van der Waals surface area contributed by atoms with Gasteiger partial charge in [-0.1, -0.05) is 18.2 Å². The molecule has 1 saturated heterocycles. The van der Waals surface area contributed by atoms with E-state index in [9.17, 15) is 0 Å². The van der Waals surface area contributed by atoms with Crippen LogP contribution in [0.15, 0.2) is 24.3 Å². The Morgan fingerprint density at radius 3 is 2.94 bits per heavy atom. The molecular weight excluding hydrogens is 214 g/mol. The maximum Gasteiger partial charge on any atom is 0.124 e. The number of benzene rings is 1. The van der Waals surface area contributed by atoms with Crippen LogP contribution < -0.4 is 10.1 Å². The number of para-hydroxylation sites is 1. The smallest absolute Gasteiger partial charge is 0.124 e. The summed E-state index contributed by atoms with van der Waals surface area (Å²) in [5, 5.41) is 3.39. The van der Waals surface area contributed by atoms with Gasteiger partial charge in [-0.05, 0) is 19.5 Å². The maximum absolute atomic E-state index is 6.13. The molecule has 17 heavy (non-hydrogen) atoms. The second-order valence-electron chi connectivity index (χ2n) is 4.89. The van der Waals surface area contributed by atoms with E-state index in [2.05, 4.69) is 23.5 Å². The molecule has 1 fully saturated rings. The van der Waals surface area contributed by atoms with Gasteiger partial charge in [0, 0.05) is 30.6 Å². The van der Waals surface area contributed by atoms with Crippen molar-refractivity contribution < 1.29 is 9.47 Å². The van der Waals surface area contributed by atoms with Crippen LogP contribution in [0.4, 0.5) is 0 Å². The van der Waals surface area contributed by atoms with E-state index in [0.717, 1.165) is 31.8 Å². The Hall–Kier alpha value is -1.06. The molecule has 3 rings (SSSR count). The molecule has 1 N–H and O–H groups in total. The zero-order chi connectivity index (χ0) is 11.7. The molecule has 0 aliphatic carbocycles. The third kappa shape index (κ3) is 2.05. The summed E-state index contributed by atoms with van der Waals surface area (Å²) in [6.45, 7) is 1.74. The van der Waals surface area contributed by atoms with E-state index in [1.54, 1.807) is 0 Å². The van der Waals surface area contributed by atoms with E-state index in [4.69, 9.17) is 9.47 Å². The van der Waals surface area contributed by atoms with Gasteiger partial charge in [0.2, 0.25) is 0 Å². The predicted molar refractivity (Wildman–Crippen MR) is 66.2 cm³/mol. The van der Waals surface area contributed by atoms with E-state index in [1.165, 1.54) is 5.56 Å². The highest BCUT2D eigenvalue weighted by Gasteiger charge is 2.34. The summed E-state index contributed by atoms with van der Waals surface area (Å²) in [7, 11) is 2.02. The molecular formula is C14H19NO2. The molecule has 2 aliphatic rings. The van der Waals surface area contributed by atoms with Crippen molar-refractivity contribution in [2.75, 3.05) is 20.3 Å². The number of rotatable bonds is 2. The van der Waals surface area contributed by atoms with Gasteiger partial charge in [-0.2, -0.15) is 0 Å². The van der Waals surface area contributed by atoms with Gasteiger partial charge in [-0.15, -0.1) is 0 Å². The number of nitrogens with one attached hydrogen (secondary N) is 1. The van der Waals surface area contributed by atoms with Crippen LogP contribution in [0.2, 0.25) is 0 Å². The number of hydrogen-bond acceptors (Lipinski definition) is 3. The third-order valence-corrected chi connectivity index (χ3v) is 3.88. The SMILES string of the molecule is CNC1CC(C2CCOC2)Oc2ccccc21. The molecule has 2 aliphatic heterocycles. The third-order valence-electron chi connectivity index (χ3n) is 3.88. The highest BCUT2D eigenvalue weighted by atomic mass is 16.5. The predicted octanol–water partition coefficient (Wildman–Crippen LogP) is 2.13. The number of hydrogen-bond donors (Lipinski definition) is 1. The average Bonchev–Trinajstić information content (AvgIpc) is 2.91. The van der Waals surface area contributed by atoms with Crippen LogP contribution in [0.25, 0.3) is 0 Å². The van der Waals surface area contributed by atoms with Crippen LogP contribution >= 0.6 is 0 Å². The van der Waals surface area contributed by atoms with Crippen molar-refractivity contribution in [1.29, 1.82) is 0 Å². The maximum atomic E-state index is 6.13. The average molecular weight is 233 g/mol. The molecule has 0 amide bonds. The fraction of sp³-hybridized carbons (Fsp3) is 0.571. The minimum atomic E-state index is 0.296. The molecule has 2 heterocycles. The summed E-state index contributed by atoms with van der Waals surface area (Å²) in [5.74, 6) is 1.59. The van der Waals surface area contributed by atoms with Gasteiger partial charge in [0.05, 0.1) is 6.61 Å². The largest absolute Gasteiger partial charge is 0.490 e. The highest BCUT2D eigenvalue weighted by Crippen LogP contribution is 2.38. The van der Waals surface area contributed by atoms with Crippen molar-refractivity contribution in [3.05, 3.63) is 29.8 Å². The Labute approximate surface area is 102 Å². The molecule has 1 aromatic rings. The molecule has 3 atom stereocenters. The molecule has 3 unspecified atom stereocenters. The van der Waals surface area contributed by atoms with Gasteiger partial charge in [0.25, 0.3) is 0 Å². The fourth-order valence-corrected chi connectivity index (χ4v) is 2.85. The summed E-state index contributed by atoms with van der Waals surface area (Å²) < 4.78 is 11.6. The van der Waals surface area contributed by atoms with E-state index >= 15 is 0 Å². The van der Waals surface area contributed by atoms with Crippen molar-refractivity contribution in [3.63, 3.8) is 0 Å². The van der Waals surface area contributed by atoms with Gasteiger partial charge in [-0.3, -0.25) is 0 Å². The first-order valence-electron chi connectivity index (χ1n) is 6.39. The lowest BCUT2D eigenvalue weighted by molar-refractivity contribution is 0.0813. The Balaban J connectivity index is 1.84. The summed E-state index contributed by atoms with van der Waals surface area (Å²) in [6.07, 6.45) is 2.47. The Kier molecular flexibility index (Phi) is 3.04. The van der Waals surface area contributed by atoms with Crippen LogP contribution in [0.5, 0.6) is 5.75 Å². The molecule has 3 nitrogen and oxygen atoms in total. The van der Waals surface area contributed by atoms with Gasteiger partial charge in [0.15, 0.2) is 0 Å². The second-order valence-corrected chi connectivity index (χ2v) is 4.89. The Morgan fingerprint density at radius 1 is 1.29 bits per heavy atom. The van der Waals surface area contributed by atoms with Crippen LogP contribution in [-0.2, 0) is 4.74 Å². The highest BCUT2D eigenvalue weighted by molar-refractivity contribution is 5.38. The minimum absolute atomic E-state index is 0.296. The standard InChI is InChI=1S/C14H19NO2/c1-15-12-8-14(10-6-7-16-9-10)17-13-5-3-2-4-11(12)13/h2-5,10,12,14-15H,6-9H2,1H3. The van der Waals surface area contributed by atoms with Gasteiger partial charge in [-0.25, -0.2) is 0 Å². The molecule has 92 valence electrons. The topological polar surface area (TPSA) is 30.5 Å². The number of ether oxygens (including phenoxy) is 2. The van der Waals surface area contributed by atoms with Crippen molar-refractivity contribution in [2.45, 2.75) is 25.0 Å². The minimum Gasteiger partial charge on any atom is -0.490 e. The van der Waals surface area contributed by atoms with Crippen molar-refractivity contribution in [3.8, 4) is 5.75 Å². The Bertz CT molecular complexity index is 388. The molecule has 0 radical (unpaired) electrons. The molecule has 1 aromatic carbocycles. The molecule has 3 heteroatoms. The van der Waals surface area contributed by atoms with E-state index in [1.807, 2.05) is 13.1 Å². The van der Waals surface area contributed by atoms with Crippen molar-refractivity contribution in [2.24, 2.45) is 5.92 Å². The monoisotopic (exact) mass is 233 g/mol. The normalized spacial score (nSPS) is 31.9. The zero-order valence-corrected chi connectivity index (χ0v) is 10.2. The zero-order valence-electron chi connectivity index (χ0n) is 10.2. The second kappa shape index (κ2) is 4.67. The molecule has 0 aromatic heterocycles. The van der Waals surface area contributed by atoms with Crippen LogP contribution in [0, 0.1) is 5.92 Å². The fourth-order valence-electron chi connectivity index (χ4n) is 2.85. The van der Waals surface area contributed by atoms with E-state index in [-0.39, 0.29) is 0 Å². The molecule has 0 spiro atoms. The molecule has 0 bridgehead atoms. The lowest BCUT2D eigenvalue weighted by Gasteiger charge is -2.34. The molecule has 0 saturated carbocycles. The van der Waals surface area contributed by atoms with Crippen LogP contribution in [0.3, 0.4) is 0 Å². The first-order chi connectivity index (χ1) is 8.38. The lowest BCUT2D eigenvalue weighted by atomic mass is 9.89. The summed E-state index contributed by atoms with van der Waals surface area (Å²) in [6, 6.07) is 8.75.